The lowest BCUT2D eigenvalue weighted by Crippen LogP contribution is -2.61. The predicted molar refractivity (Wildman–Crippen MR) is 308 cm³/mol. The van der Waals surface area contributed by atoms with Crippen LogP contribution in [0.5, 0.6) is 0 Å². The van der Waals surface area contributed by atoms with Crippen LogP contribution in [-0.2, 0) is 41.9 Å². The molecule has 0 bridgehead atoms. The molecule has 6 aliphatic rings. The molecule has 2 unspecified atom stereocenters. The Balaban J connectivity index is 1.18. The fourth-order valence-electron chi connectivity index (χ4n) is 15.0. The van der Waals surface area contributed by atoms with Gasteiger partial charge in [-0.3, -0.25) is 0 Å². The smallest absolute Gasteiger partial charge is 0.252 e. The molecule has 0 aromatic heterocycles. The fraction of sp³-hybridized carbons (Fsp3) is 0.382. The normalized spacial score (nSPS) is 21.9. The van der Waals surface area contributed by atoms with Crippen LogP contribution in [0.1, 0.15) is 148 Å². The summed E-state index contributed by atoms with van der Waals surface area (Å²) in [6, 6.07) is 53.7. The lowest BCUT2D eigenvalue weighted by molar-refractivity contribution is 0.195. The highest BCUT2D eigenvalue weighted by atomic mass is 15.3. The number of benzene rings is 7. The first kappa shape index (κ1) is 45.8. The zero-order valence-corrected chi connectivity index (χ0v) is 45.3. The molecule has 72 heavy (non-hydrogen) atoms. The summed E-state index contributed by atoms with van der Waals surface area (Å²) >= 11 is 0. The Kier molecular flexibility index (Phi) is 9.73. The van der Waals surface area contributed by atoms with Crippen molar-refractivity contribution in [2.24, 2.45) is 10.8 Å². The van der Waals surface area contributed by atoms with Gasteiger partial charge >= 0.3 is 0 Å². The first-order valence-electron chi connectivity index (χ1n) is 27.4. The molecule has 13 rings (SSSR count). The molecule has 364 valence electrons. The molecule has 7 aromatic rings. The molecule has 0 spiro atoms. The number of rotatable bonds is 4. The first-order chi connectivity index (χ1) is 34.1. The van der Waals surface area contributed by atoms with E-state index in [9.17, 15) is 0 Å². The van der Waals surface area contributed by atoms with Crippen LogP contribution in [0.4, 0.5) is 45.5 Å². The molecule has 0 radical (unpaired) electrons. The van der Waals surface area contributed by atoms with Crippen LogP contribution in [0.15, 0.2) is 133 Å². The largest absolute Gasteiger partial charge is 0.334 e. The van der Waals surface area contributed by atoms with Crippen LogP contribution in [0.2, 0.25) is 0 Å². The zero-order chi connectivity index (χ0) is 50.1. The summed E-state index contributed by atoms with van der Waals surface area (Å²) in [6.45, 7) is 29.2. The molecule has 1 fully saturated rings. The van der Waals surface area contributed by atoms with Crippen LogP contribution >= 0.6 is 0 Å². The molecular formula is C68H74BN3. The molecule has 0 amide bonds. The molecule has 4 heteroatoms. The monoisotopic (exact) mass is 944 g/mol. The van der Waals surface area contributed by atoms with Crippen molar-refractivity contribution < 1.29 is 0 Å². The molecule has 0 N–H and O–H groups in total. The van der Waals surface area contributed by atoms with Crippen molar-refractivity contribution in [1.29, 1.82) is 0 Å². The van der Waals surface area contributed by atoms with E-state index in [-0.39, 0.29) is 39.3 Å². The van der Waals surface area contributed by atoms with Crippen molar-refractivity contribution in [2.75, 3.05) is 14.7 Å². The molecule has 0 saturated heterocycles. The summed E-state index contributed by atoms with van der Waals surface area (Å²) in [4.78, 5) is 8.30. The lowest BCUT2D eigenvalue weighted by atomic mass is 9.33. The van der Waals surface area contributed by atoms with Crippen molar-refractivity contribution >= 4 is 68.6 Å². The minimum Gasteiger partial charge on any atom is -0.334 e. The van der Waals surface area contributed by atoms with Crippen LogP contribution in [-0.4, -0.2) is 12.3 Å². The van der Waals surface area contributed by atoms with Gasteiger partial charge in [-0.2, -0.15) is 0 Å². The minimum atomic E-state index is -0.112. The Morgan fingerprint density at radius 3 is 1.76 bits per heavy atom. The van der Waals surface area contributed by atoms with E-state index >= 15 is 0 Å². The summed E-state index contributed by atoms with van der Waals surface area (Å²) in [7, 11) is 0. The van der Waals surface area contributed by atoms with E-state index in [1.54, 1.807) is 0 Å². The van der Waals surface area contributed by atoms with E-state index in [4.69, 9.17) is 0 Å². The number of nitrogens with zero attached hydrogens (tertiary/aromatic N) is 3. The lowest BCUT2D eigenvalue weighted by Gasteiger charge is -2.51. The molecule has 2 atom stereocenters. The van der Waals surface area contributed by atoms with Crippen molar-refractivity contribution in [2.45, 2.75) is 156 Å². The van der Waals surface area contributed by atoms with Gasteiger partial charge in [-0.1, -0.05) is 168 Å². The van der Waals surface area contributed by atoms with E-state index < -0.39 is 0 Å². The highest BCUT2D eigenvalue weighted by molar-refractivity contribution is 7.00. The van der Waals surface area contributed by atoms with E-state index in [0.717, 1.165) is 32.1 Å². The maximum Gasteiger partial charge on any atom is 0.252 e. The summed E-state index contributed by atoms with van der Waals surface area (Å²) in [5.74, 6) is 0. The van der Waals surface area contributed by atoms with Gasteiger partial charge in [0, 0.05) is 50.8 Å². The highest BCUT2D eigenvalue weighted by Crippen LogP contribution is 2.62. The van der Waals surface area contributed by atoms with Gasteiger partial charge in [0.15, 0.2) is 0 Å². The van der Waals surface area contributed by atoms with Crippen LogP contribution < -0.4 is 31.1 Å². The third-order valence-electron chi connectivity index (χ3n) is 18.8. The maximum atomic E-state index is 2.83. The van der Waals surface area contributed by atoms with E-state index in [1.165, 1.54) is 131 Å². The van der Waals surface area contributed by atoms with Gasteiger partial charge in [0.05, 0.1) is 11.2 Å². The van der Waals surface area contributed by atoms with E-state index in [2.05, 4.69) is 231 Å². The second-order valence-electron chi connectivity index (χ2n) is 27.2. The second-order valence-corrected chi connectivity index (χ2v) is 27.2. The molecule has 7 aromatic carbocycles. The van der Waals surface area contributed by atoms with Crippen molar-refractivity contribution in [3.63, 3.8) is 0 Å². The minimum absolute atomic E-state index is 0.0150. The number of hydrogen-bond donors (Lipinski definition) is 0. The Morgan fingerprint density at radius 2 is 1.04 bits per heavy atom. The number of fused-ring (bicyclic) bond motifs is 9. The summed E-state index contributed by atoms with van der Waals surface area (Å²) < 4.78 is 0. The van der Waals surface area contributed by atoms with E-state index in [0.29, 0.717) is 0 Å². The first-order valence-corrected chi connectivity index (χ1v) is 27.4. The van der Waals surface area contributed by atoms with Crippen LogP contribution in [0.3, 0.4) is 0 Å². The molecule has 3 heterocycles. The molecule has 3 aliphatic heterocycles. The maximum absolute atomic E-state index is 2.83. The van der Waals surface area contributed by atoms with Crippen molar-refractivity contribution in [3.8, 4) is 11.1 Å². The highest BCUT2D eigenvalue weighted by Gasteiger charge is 2.58. The summed E-state index contributed by atoms with van der Waals surface area (Å²) in [5, 5.41) is 0. The van der Waals surface area contributed by atoms with Gasteiger partial charge in [-0.15, -0.1) is 0 Å². The van der Waals surface area contributed by atoms with Gasteiger partial charge in [0.2, 0.25) is 0 Å². The van der Waals surface area contributed by atoms with Crippen molar-refractivity contribution in [3.05, 3.63) is 172 Å². The van der Waals surface area contributed by atoms with Gasteiger partial charge in [-0.05, 0) is 183 Å². The quantitative estimate of drug-likeness (QED) is 0.163. The topological polar surface area (TPSA) is 9.72 Å². The third kappa shape index (κ3) is 6.75. The SMILES string of the molecule is CC1(C)Cc2ccc(N3c4cc5c(cc4B4c6ccc(C(C)(C)C)cc6N(c6ccc(C(C)(C)C)cc6-c6ccccc6)c6cc(N7c8ccccc8C8(C)CCCCC78C)cc3c64)CC(C)(C)C5)cc2C1. The Labute approximate surface area is 431 Å². The summed E-state index contributed by atoms with van der Waals surface area (Å²) in [5.41, 5.74) is 27.6. The molecule has 3 aliphatic carbocycles. The molecule has 3 nitrogen and oxygen atoms in total. The number of anilines is 8. The molecular weight excluding hydrogens is 870 g/mol. The van der Waals surface area contributed by atoms with Crippen molar-refractivity contribution in [1.82, 2.24) is 0 Å². The average molecular weight is 944 g/mol. The average Bonchev–Trinajstić information content (AvgIpc) is 3.90. The van der Waals surface area contributed by atoms with Crippen LogP contribution in [0.25, 0.3) is 11.1 Å². The second kappa shape index (κ2) is 15.3. The fourth-order valence-corrected chi connectivity index (χ4v) is 15.0. The van der Waals surface area contributed by atoms with Gasteiger partial charge in [0.25, 0.3) is 6.71 Å². The van der Waals surface area contributed by atoms with Gasteiger partial charge in [-0.25, -0.2) is 0 Å². The predicted octanol–water partition coefficient (Wildman–Crippen LogP) is 16.0. The van der Waals surface area contributed by atoms with Crippen LogP contribution in [0, 0.1) is 10.8 Å². The Hall–Kier alpha value is -6.00. The van der Waals surface area contributed by atoms with Gasteiger partial charge < -0.3 is 14.7 Å². The summed E-state index contributed by atoms with van der Waals surface area (Å²) in [6.07, 6.45) is 9.26. The molecule has 1 saturated carbocycles. The number of hydrogen-bond acceptors (Lipinski definition) is 3. The Bertz CT molecular complexity index is 3400. The van der Waals surface area contributed by atoms with Gasteiger partial charge in [0.1, 0.15) is 0 Å². The standard InChI is InChI=1S/C68H74BN3/c1-63(2,3)48-26-29-56(52(35-48)43-20-14-13-15-21-43)71-59-36-49(64(4,5)6)25-28-54(59)69-55-33-46-41-66(9,10)42-47(46)34-58(55)70(50-27-24-44-39-65(7,8)40-45(44)32-50)60-37-51(38-61(71)62(60)69)72-57-23-17-16-22-53(57)67(11)30-18-19-31-68(67,72)12/h13-17,20-29,32-38H,18-19,30-31,39-42H2,1-12H3. The third-order valence-corrected chi connectivity index (χ3v) is 18.8. The number of para-hydroxylation sites is 1. The zero-order valence-electron chi connectivity index (χ0n) is 45.3. The van der Waals surface area contributed by atoms with E-state index in [1.807, 2.05) is 0 Å². The Morgan fingerprint density at radius 1 is 0.444 bits per heavy atom.